The van der Waals surface area contributed by atoms with Crippen molar-refractivity contribution in [2.24, 2.45) is 0 Å². The molecule has 1 heterocycles. The topological polar surface area (TPSA) is 85.6 Å². The van der Waals surface area contributed by atoms with Crippen molar-refractivity contribution >= 4 is 28.3 Å². The number of hydrogen-bond acceptors (Lipinski definition) is 5. The summed E-state index contributed by atoms with van der Waals surface area (Å²) in [4.78, 5) is 35.8. The van der Waals surface area contributed by atoms with Gasteiger partial charge in [0.25, 0.3) is 5.91 Å². The molecule has 0 saturated heterocycles. The summed E-state index contributed by atoms with van der Waals surface area (Å²) in [5, 5.41) is 3.60. The van der Waals surface area contributed by atoms with Crippen molar-refractivity contribution in [3.05, 3.63) is 70.1 Å². The first-order chi connectivity index (χ1) is 13.9. The highest BCUT2D eigenvalue weighted by Crippen LogP contribution is 2.24. The standard InChI is InChI=1S/C23H23NO5/c1-4-6-17-12-22(26)29-21-13-19(9-10-20(17)21)28-15(3)23(27)24-18-8-5-7-16(11-18)14(2)25/h5,7-13,15H,4,6H2,1-3H3,(H,24,27). The number of ketones is 1. The van der Waals surface area contributed by atoms with E-state index in [9.17, 15) is 14.4 Å². The van der Waals surface area contributed by atoms with E-state index in [1.165, 1.54) is 13.0 Å². The maximum Gasteiger partial charge on any atom is 0.336 e. The fraction of sp³-hybridized carbons (Fsp3) is 0.261. The molecule has 0 fully saturated rings. The molecule has 0 radical (unpaired) electrons. The monoisotopic (exact) mass is 393 g/mol. The zero-order chi connectivity index (χ0) is 21.0. The third-order valence-corrected chi connectivity index (χ3v) is 4.54. The summed E-state index contributed by atoms with van der Waals surface area (Å²) in [6, 6.07) is 13.4. The zero-order valence-electron chi connectivity index (χ0n) is 16.7. The van der Waals surface area contributed by atoms with E-state index in [4.69, 9.17) is 9.15 Å². The predicted octanol–water partition coefficient (Wildman–Crippen LogP) is 4.35. The second-order valence-electron chi connectivity index (χ2n) is 6.88. The summed E-state index contributed by atoms with van der Waals surface area (Å²) in [6.07, 6.45) is 0.901. The van der Waals surface area contributed by atoms with Crippen molar-refractivity contribution in [3.8, 4) is 5.75 Å². The molecule has 0 saturated carbocycles. The number of carbonyl (C=O) groups is 2. The molecule has 1 unspecified atom stereocenters. The molecule has 0 aliphatic heterocycles. The van der Waals surface area contributed by atoms with Gasteiger partial charge >= 0.3 is 5.63 Å². The molecule has 1 amide bonds. The van der Waals surface area contributed by atoms with Gasteiger partial charge in [0.1, 0.15) is 11.3 Å². The van der Waals surface area contributed by atoms with Crippen LogP contribution in [0.25, 0.3) is 11.0 Å². The van der Waals surface area contributed by atoms with Gasteiger partial charge in [0.15, 0.2) is 11.9 Å². The molecule has 1 aromatic heterocycles. The van der Waals surface area contributed by atoms with Crippen molar-refractivity contribution in [1.82, 2.24) is 0 Å². The Hall–Kier alpha value is -3.41. The minimum absolute atomic E-state index is 0.0782. The van der Waals surface area contributed by atoms with Crippen LogP contribution in [0.2, 0.25) is 0 Å². The van der Waals surface area contributed by atoms with Crippen LogP contribution in [0.5, 0.6) is 5.75 Å². The maximum atomic E-state index is 12.5. The minimum Gasteiger partial charge on any atom is -0.481 e. The molecule has 6 nitrogen and oxygen atoms in total. The molecule has 2 aromatic carbocycles. The summed E-state index contributed by atoms with van der Waals surface area (Å²) in [5.74, 6) is -0.00748. The van der Waals surface area contributed by atoms with E-state index in [1.807, 2.05) is 13.0 Å². The van der Waals surface area contributed by atoms with Gasteiger partial charge in [-0.15, -0.1) is 0 Å². The molecule has 0 spiro atoms. The van der Waals surface area contributed by atoms with Crippen LogP contribution in [0.4, 0.5) is 5.69 Å². The lowest BCUT2D eigenvalue weighted by Crippen LogP contribution is -2.30. The van der Waals surface area contributed by atoms with Crippen molar-refractivity contribution < 1.29 is 18.7 Å². The van der Waals surface area contributed by atoms with Crippen LogP contribution in [0.15, 0.2) is 57.7 Å². The average molecular weight is 393 g/mol. The highest BCUT2D eigenvalue weighted by atomic mass is 16.5. The number of benzene rings is 2. The van der Waals surface area contributed by atoms with Crippen LogP contribution in [0.1, 0.15) is 43.1 Å². The molecule has 1 N–H and O–H groups in total. The van der Waals surface area contributed by atoms with Gasteiger partial charge in [-0.25, -0.2) is 4.79 Å². The van der Waals surface area contributed by atoms with E-state index in [2.05, 4.69) is 5.32 Å². The number of aryl methyl sites for hydroxylation is 1. The van der Waals surface area contributed by atoms with Crippen molar-refractivity contribution in [1.29, 1.82) is 0 Å². The third kappa shape index (κ3) is 4.90. The molecule has 0 aliphatic rings. The van der Waals surface area contributed by atoms with Gasteiger partial charge in [-0.3, -0.25) is 9.59 Å². The third-order valence-electron chi connectivity index (χ3n) is 4.54. The lowest BCUT2D eigenvalue weighted by Gasteiger charge is -2.15. The Morgan fingerprint density at radius 1 is 1.14 bits per heavy atom. The highest BCUT2D eigenvalue weighted by molar-refractivity contribution is 5.98. The zero-order valence-corrected chi connectivity index (χ0v) is 16.7. The smallest absolute Gasteiger partial charge is 0.336 e. The number of rotatable bonds is 7. The first-order valence-electron chi connectivity index (χ1n) is 9.52. The minimum atomic E-state index is -0.793. The van der Waals surface area contributed by atoms with Crippen LogP contribution < -0.4 is 15.7 Å². The molecule has 0 bridgehead atoms. The van der Waals surface area contributed by atoms with Crippen LogP contribution in [-0.4, -0.2) is 17.8 Å². The summed E-state index contributed by atoms with van der Waals surface area (Å²) >= 11 is 0. The quantitative estimate of drug-likeness (QED) is 0.476. The Bertz CT molecular complexity index is 1120. The van der Waals surface area contributed by atoms with Crippen LogP contribution in [0.3, 0.4) is 0 Å². The number of nitrogens with one attached hydrogen (secondary N) is 1. The molecule has 6 heteroatoms. The maximum absolute atomic E-state index is 12.5. The second-order valence-corrected chi connectivity index (χ2v) is 6.88. The van der Waals surface area contributed by atoms with E-state index in [1.54, 1.807) is 43.3 Å². The Morgan fingerprint density at radius 2 is 1.93 bits per heavy atom. The van der Waals surface area contributed by atoms with Crippen molar-refractivity contribution in [2.45, 2.75) is 39.7 Å². The predicted molar refractivity (Wildman–Crippen MR) is 112 cm³/mol. The van der Waals surface area contributed by atoms with Crippen molar-refractivity contribution in [3.63, 3.8) is 0 Å². The number of hydrogen-bond donors (Lipinski definition) is 1. The van der Waals surface area contributed by atoms with Gasteiger partial charge < -0.3 is 14.5 Å². The summed E-state index contributed by atoms with van der Waals surface area (Å²) in [7, 11) is 0. The highest BCUT2D eigenvalue weighted by Gasteiger charge is 2.16. The normalized spacial score (nSPS) is 11.8. The van der Waals surface area contributed by atoms with E-state index >= 15 is 0 Å². The number of anilines is 1. The Balaban J connectivity index is 1.76. The largest absolute Gasteiger partial charge is 0.481 e. The van der Waals surface area contributed by atoms with Gasteiger partial charge in [-0.2, -0.15) is 0 Å². The lowest BCUT2D eigenvalue weighted by atomic mass is 10.1. The lowest BCUT2D eigenvalue weighted by molar-refractivity contribution is -0.122. The van der Waals surface area contributed by atoms with E-state index in [0.29, 0.717) is 22.6 Å². The SMILES string of the molecule is CCCc1cc(=O)oc2cc(OC(C)C(=O)Nc3cccc(C(C)=O)c3)ccc12. The average Bonchev–Trinajstić information content (AvgIpc) is 2.68. The fourth-order valence-electron chi connectivity index (χ4n) is 3.08. The van der Waals surface area contributed by atoms with E-state index in [0.717, 1.165) is 23.8 Å². The van der Waals surface area contributed by atoms with Gasteiger partial charge in [0.05, 0.1) is 0 Å². The first-order valence-corrected chi connectivity index (χ1v) is 9.52. The van der Waals surface area contributed by atoms with E-state index in [-0.39, 0.29) is 11.7 Å². The Labute approximate surface area is 168 Å². The van der Waals surface area contributed by atoms with Crippen LogP contribution in [-0.2, 0) is 11.2 Å². The molecular weight excluding hydrogens is 370 g/mol. The summed E-state index contributed by atoms with van der Waals surface area (Å²) in [6.45, 7) is 5.14. The molecule has 29 heavy (non-hydrogen) atoms. The van der Waals surface area contributed by atoms with Gasteiger partial charge in [0, 0.05) is 28.8 Å². The fourth-order valence-corrected chi connectivity index (χ4v) is 3.08. The van der Waals surface area contributed by atoms with Gasteiger partial charge in [0.2, 0.25) is 0 Å². The summed E-state index contributed by atoms with van der Waals surface area (Å²) < 4.78 is 11.0. The van der Waals surface area contributed by atoms with Crippen molar-refractivity contribution in [2.75, 3.05) is 5.32 Å². The first kappa shape index (κ1) is 20.3. The van der Waals surface area contributed by atoms with Crippen LogP contribution >= 0.6 is 0 Å². The van der Waals surface area contributed by atoms with Gasteiger partial charge in [-0.1, -0.05) is 25.5 Å². The Morgan fingerprint density at radius 3 is 2.66 bits per heavy atom. The van der Waals surface area contributed by atoms with E-state index < -0.39 is 11.7 Å². The van der Waals surface area contributed by atoms with Crippen LogP contribution in [0, 0.1) is 0 Å². The molecule has 0 aliphatic carbocycles. The molecule has 3 aromatic rings. The molecule has 3 rings (SSSR count). The van der Waals surface area contributed by atoms with Gasteiger partial charge in [-0.05, 0) is 50.1 Å². The molecular formula is C23H23NO5. The number of Topliss-reactive ketones (excluding diaryl/α,β-unsaturated/α-hetero) is 1. The summed E-state index contributed by atoms with van der Waals surface area (Å²) in [5.41, 5.74) is 1.99. The number of carbonyl (C=O) groups excluding carboxylic acids is 2. The number of amides is 1. The Kier molecular flexibility index (Phi) is 6.12. The molecule has 1 atom stereocenters. The second kappa shape index (κ2) is 8.73. The number of ether oxygens (including phenoxy) is 1. The molecule has 150 valence electrons. The number of fused-ring (bicyclic) bond motifs is 1.